The number of hydrogen-bond donors (Lipinski definition) is 0. The number of aryl methyl sites for hydroxylation is 3. The minimum atomic E-state index is -0.100. The van der Waals surface area contributed by atoms with Gasteiger partial charge in [-0.3, -0.25) is 9.59 Å². The molecule has 2 heterocycles. The fourth-order valence-electron chi connectivity index (χ4n) is 3.84. The minimum Gasteiger partial charge on any atom is -0.310 e. The van der Waals surface area contributed by atoms with Crippen molar-refractivity contribution in [1.82, 2.24) is 4.57 Å². The molecule has 3 aromatic rings. The van der Waals surface area contributed by atoms with Crippen LogP contribution in [-0.2, 0) is 13.0 Å². The van der Waals surface area contributed by atoms with Crippen LogP contribution in [0, 0.1) is 13.8 Å². The molecule has 1 aromatic heterocycles. The largest absolute Gasteiger partial charge is 0.310 e. The number of amides is 1. The zero-order valence-electron chi connectivity index (χ0n) is 16.3. The monoisotopic (exact) mass is 372 g/mol. The van der Waals surface area contributed by atoms with Gasteiger partial charge in [0.2, 0.25) is 0 Å². The van der Waals surface area contributed by atoms with Gasteiger partial charge in [-0.1, -0.05) is 42.0 Å². The average Bonchev–Trinajstić information content (AvgIpc) is 2.71. The summed E-state index contributed by atoms with van der Waals surface area (Å²) in [5, 5.41) is 0. The normalized spacial score (nSPS) is 13.3. The van der Waals surface area contributed by atoms with Gasteiger partial charge in [0.25, 0.3) is 11.5 Å². The van der Waals surface area contributed by atoms with Gasteiger partial charge in [0.05, 0.1) is 12.1 Å². The molecule has 1 aliphatic rings. The standard InChI is InChI=1S/C24H24N2O2/c1-17-9-10-18(2)21(14-17)16-25-15-20(11-12-23(25)27)24(28)26-13-5-7-19-6-3-4-8-22(19)26/h3-4,6,8-12,14-15H,5,7,13,16H2,1-2H3. The van der Waals surface area contributed by atoms with E-state index in [4.69, 9.17) is 0 Å². The van der Waals surface area contributed by atoms with E-state index < -0.39 is 0 Å². The van der Waals surface area contributed by atoms with Crippen molar-refractivity contribution in [2.75, 3.05) is 11.4 Å². The Morgan fingerprint density at radius 2 is 1.86 bits per heavy atom. The summed E-state index contributed by atoms with van der Waals surface area (Å²) in [6.07, 6.45) is 3.64. The molecule has 4 rings (SSSR count). The van der Waals surface area contributed by atoms with Crippen molar-refractivity contribution < 1.29 is 4.79 Å². The van der Waals surface area contributed by atoms with Gasteiger partial charge in [0.1, 0.15) is 0 Å². The molecule has 0 unspecified atom stereocenters. The highest BCUT2D eigenvalue weighted by Crippen LogP contribution is 2.28. The van der Waals surface area contributed by atoms with Crippen molar-refractivity contribution in [2.45, 2.75) is 33.2 Å². The Morgan fingerprint density at radius 3 is 2.71 bits per heavy atom. The molecule has 142 valence electrons. The second-order valence-electron chi connectivity index (χ2n) is 7.50. The van der Waals surface area contributed by atoms with Crippen molar-refractivity contribution in [3.05, 3.63) is 99.0 Å². The van der Waals surface area contributed by atoms with Crippen LogP contribution in [0.1, 0.15) is 39.0 Å². The number of pyridine rings is 1. The smallest absolute Gasteiger partial charge is 0.259 e. The molecule has 1 amide bonds. The molecule has 0 fully saturated rings. The molecule has 4 heteroatoms. The Hall–Kier alpha value is -3.14. The number of aromatic nitrogens is 1. The number of carbonyl (C=O) groups excluding carboxylic acids is 1. The second kappa shape index (κ2) is 7.47. The summed E-state index contributed by atoms with van der Waals surface area (Å²) in [4.78, 5) is 27.5. The predicted octanol–water partition coefficient (Wildman–Crippen LogP) is 4.11. The van der Waals surface area contributed by atoms with E-state index in [0.29, 0.717) is 18.7 Å². The van der Waals surface area contributed by atoms with E-state index in [2.05, 4.69) is 24.3 Å². The summed E-state index contributed by atoms with van der Waals surface area (Å²) < 4.78 is 1.63. The van der Waals surface area contributed by atoms with E-state index in [9.17, 15) is 9.59 Å². The van der Waals surface area contributed by atoms with Crippen molar-refractivity contribution >= 4 is 11.6 Å². The maximum atomic E-state index is 13.2. The van der Waals surface area contributed by atoms with Crippen molar-refractivity contribution in [3.8, 4) is 0 Å². The lowest BCUT2D eigenvalue weighted by atomic mass is 10.0. The summed E-state index contributed by atoms with van der Waals surface area (Å²) in [5.41, 5.74) is 6.01. The number of rotatable bonds is 3. The molecule has 1 aliphatic heterocycles. The number of hydrogen-bond acceptors (Lipinski definition) is 2. The third-order valence-corrected chi connectivity index (χ3v) is 5.43. The highest BCUT2D eigenvalue weighted by atomic mass is 16.2. The van der Waals surface area contributed by atoms with Gasteiger partial charge >= 0.3 is 0 Å². The van der Waals surface area contributed by atoms with Gasteiger partial charge in [0, 0.05) is 24.5 Å². The summed E-state index contributed by atoms with van der Waals surface area (Å²) in [7, 11) is 0. The Morgan fingerprint density at radius 1 is 1.04 bits per heavy atom. The highest BCUT2D eigenvalue weighted by Gasteiger charge is 2.23. The van der Waals surface area contributed by atoms with Crippen LogP contribution in [0.3, 0.4) is 0 Å². The Balaban J connectivity index is 1.67. The van der Waals surface area contributed by atoms with Crippen molar-refractivity contribution in [2.24, 2.45) is 0 Å². The van der Waals surface area contributed by atoms with E-state index in [0.717, 1.165) is 35.2 Å². The third kappa shape index (κ3) is 3.50. The summed E-state index contributed by atoms with van der Waals surface area (Å²) >= 11 is 0. The summed E-state index contributed by atoms with van der Waals surface area (Å²) in [6, 6.07) is 17.4. The van der Waals surface area contributed by atoms with E-state index in [1.807, 2.05) is 36.9 Å². The molecule has 0 N–H and O–H groups in total. The third-order valence-electron chi connectivity index (χ3n) is 5.43. The van der Waals surface area contributed by atoms with E-state index >= 15 is 0 Å². The summed E-state index contributed by atoms with van der Waals surface area (Å²) in [6.45, 7) is 5.24. The van der Waals surface area contributed by atoms with Crippen LogP contribution in [0.4, 0.5) is 5.69 Å². The molecular formula is C24H24N2O2. The molecule has 0 spiro atoms. The van der Waals surface area contributed by atoms with Gasteiger partial charge in [-0.05, 0) is 55.5 Å². The van der Waals surface area contributed by atoms with Crippen molar-refractivity contribution in [3.63, 3.8) is 0 Å². The maximum Gasteiger partial charge on any atom is 0.259 e. The maximum absolute atomic E-state index is 13.2. The minimum absolute atomic E-state index is 0.0538. The van der Waals surface area contributed by atoms with Gasteiger partial charge < -0.3 is 9.47 Å². The van der Waals surface area contributed by atoms with Gasteiger partial charge in [-0.2, -0.15) is 0 Å². The van der Waals surface area contributed by atoms with Crippen LogP contribution in [-0.4, -0.2) is 17.0 Å². The first-order valence-electron chi connectivity index (χ1n) is 9.69. The van der Waals surface area contributed by atoms with E-state index in [1.165, 1.54) is 11.6 Å². The molecule has 0 bridgehead atoms. The highest BCUT2D eigenvalue weighted by molar-refractivity contribution is 6.06. The number of para-hydroxylation sites is 1. The Labute approximate surface area is 165 Å². The number of nitrogens with zero attached hydrogens (tertiary/aromatic N) is 2. The number of fused-ring (bicyclic) bond motifs is 1. The molecule has 0 saturated carbocycles. The molecule has 28 heavy (non-hydrogen) atoms. The number of anilines is 1. The lowest BCUT2D eigenvalue weighted by Gasteiger charge is -2.29. The van der Waals surface area contributed by atoms with Gasteiger partial charge in [0.15, 0.2) is 0 Å². The fraction of sp³-hybridized carbons (Fsp3) is 0.250. The van der Waals surface area contributed by atoms with Crippen LogP contribution in [0.15, 0.2) is 65.6 Å². The zero-order valence-corrected chi connectivity index (χ0v) is 16.3. The molecule has 0 saturated heterocycles. The topological polar surface area (TPSA) is 42.3 Å². The zero-order chi connectivity index (χ0) is 19.7. The number of carbonyl (C=O) groups is 1. The van der Waals surface area contributed by atoms with E-state index in [-0.39, 0.29) is 11.5 Å². The Bertz CT molecular complexity index is 1100. The fourth-order valence-corrected chi connectivity index (χ4v) is 3.84. The molecular weight excluding hydrogens is 348 g/mol. The average molecular weight is 372 g/mol. The molecule has 4 nitrogen and oxygen atoms in total. The molecule has 2 aromatic carbocycles. The van der Waals surface area contributed by atoms with Crippen LogP contribution in [0.5, 0.6) is 0 Å². The number of benzene rings is 2. The van der Waals surface area contributed by atoms with Gasteiger partial charge in [-0.25, -0.2) is 0 Å². The SMILES string of the molecule is Cc1ccc(C)c(Cn2cc(C(=O)N3CCCc4ccccc43)ccc2=O)c1. The van der Waals surface area contributed by atoms with Crippen LogP contribution in [0.2, 0.25) is 0 Å². The van der Waals surface area contributed by atoms with E-state index in [1.54, 1.807) is 16.8 Å². The first-order valence-corrected chi connectivity index (χ1v) is 9.69. The molecule has 0 atom stereocenters. The van der Waals surface area contributed by atoms with Crippen LogP contribution >= 0.6 is 0 Å². The molecule has 0 aliphatic carbocycles. The van der Waals surface area contributed by atoms with Crippen LogP contribution < -0.4 is 10.5 Å². The van der Waals surface area contributed by atoms with Crippen molar-refractivity contribution in [1.29, 1.82) is 0 Å². The lowest BCUT2D eigenvalue weighted by molar-refractivity contribution is 0.0984. The molecule has 0 radical (unpaired) electrons. The van der Waals surface area contributed by atoms with Gasteiger partial charge in [-0.15, -0.1) is 0 Å². The predicted molar refractivity (Wildman–Crippen MR) is 112 cm³/mol. The Kier molecular flexibility index (Phi) is 4.86. The summed E-state index contributed by atoms with van der Waals surface area (Å²) in [5.74, 6) is -0.0538. The quantitative estimate of drug-likeness (QED) is 0.694. The second-order valence-corrected chi connectivity index (χ2v) is 7.50. The first kappa shape index (κ1) is 18.2. The lowest BCUT2D eigenvalue weighted by Crippen LogP contribution is -2.36. The first-order chi connectivity index (χ1) is 13.5. The van der Waals surface area contributed by atoms with Crippen LogP contribution in [0.25, 0.3) is 0 Å².